The van der Waals surface area contributed by atoms with Gasteiger partial charge in [0.05, 0.1) is 0 Å². The van der Waals surface area contributed by atoms with Crippen LogP contribution in [0.1, 0.15) is 33.3 Å². The van der Waals surface area contributed by atoms with E-state index < -0.39 is 23.7 Å². The van der Waals surface area contributed by atoms with E-state index in [1.165, 1.54) is 25.1 Å². The molecule has 0 saturated carbocycles. The molecule has 2 rings (SSSR count). The third-order valence-electron chi connectivity index (χ3n) is 3.93. The van der Waals surface area contributed by atoms with Gasteiger partial charge in [-0.25, -0.2) is 4.39 Å². The number of benzene rings is 2. The van der Waals surface area contributed by atoms with Gasteiger partial charge in [-0.15, -0.1) is 0 Å². The fourth-order valence-corrected chi connectivity index (χ4v) is 2.25. The minimum atomic E-state index is -0.997. The van der Waals surface area contributed by atoms with Gasteiger partial charge in [0.1, 0.15) is 5.75 Å². The Kier molecular flexibility index (Phi) is 6.98. The molecule has 0 aliphatic rings. The van der Waals surface area contributed by atoms with Crippen LogP contribution in [0.4, 0.5) is 4.39 Å². The van der Waals surface area contributed by atoms with Gasteiger partial charge in [-0.1, -0.05) is 45.0 Å². The lowest BCUT2D eigenvalue weighted by atomic mass is 9.87. The molecule has 0 heterocycles. The van der Waals surface area contributed by atoms with Crippen molar-refractivity contribution in [3.8, 4) is 11.5 Å². The molecule has 0 aliphatic heterocycles. The van der Waals surface area contributed by atoms with Crippen molar-refractivity contribution >= 4 is 11.8 Å². The summed E-state index contributed by atoms with van der Waals surface area (Å²) in [6, 6.07) is 13.2. The summed E-state index contributed by atoms with van der Waals surface area (Å²) in [4.78, 5) is 23.8. The van der Waals surface area contributed by atoms with Crippen molar-refractivity contribution in [2.75, 3.05) is 6.61 Å². The maximum absolute atomic E-state index is 13.5. The molecule has 2 aromatic rings. The Bertz CT molecular complexity index is 816. The smallest absolute Gasteiger partial charge is 0.279 e. The lowest BCUT2D eigenvalue weighted by Crippen LogP contribution is -2.48. The van der Waals surface area contributed by atoms with Crippen LogP contribution in [0.3, 0.4) is 0 Å². The second-order valence-corrected chi connectivity index (χ2v) is 7.29. The number of hydrazine groups is 1. The van der Waals surface area contributed by atoms with Crippen molar-refractivity contribution in [2.45, 2.75) is 39.2 Å². The number of halogens is 1. The van der Waals surface area contributed by atoms with Gasteiger partial charge in [0.2, 0.25) is 0 Å². The number of carbonyl (C=O) groups is 2. The first kappa shape index (κ1) is 21.2. The Morgan fingerprint density at radius 1 is 1.04 bits per heavy atom. The highest BCUT2D eigenvalue weighted by Gasteiger charge is 2.17. The fraction of sp³-hybridized carbons (Fsp3) is 0.333. The monoisotopic (exact) mass is 388 g/mol. The summed E-state index contributed by atoms with van der Waals surface area (Å²) in [6.07, 6.45) is -0.997. The Morgan fingerprint density at radius 2 is 1.68 bits per heavy atom. The third-order valence-corrected chi connectivity index (χ3v) is 3.93. The summed E-state index contributed by atoms with van der Waals surface area (Å²) in [5, 5.41) is 0. The van der Waals surface area contributed by atoms with Crippen LogP contribution in [0, 0.1) is 5.82 Å². The van der Waals surface area contributed by atoms with E-state index in [4.69, 9.17) is 9.47 Å². The van der Waals surface area contributed by atoms with Crippen LogP contribution in [-0.2, 0) is 15.0 Å². The van der Waals surface area contributed by atoms with E-state index in [-0.39, 0.29) is 17.8 Å². The van der Waals surface area contributed by atoms with Crippen molar-refractivity contribution in [3.63, 3.8) is 0 Å². The summed E-state index contributed by atoms with van der Waals surface area (Å²) >= 11 is 0. The lowest BCUT2D eigenvalue weighted by Gasteiger charge is -2.19. The maximum atomic E-state index is 13.5. The normalized spacial score (nSPS) is 12.0. The van der Waals surface area contributed by atoms with Crippen molar-refractivity contribution in [1.82, 2.24) is 10.9 Å². The molecule has 0 radical (unpaired) electrons. The highest BCUT2D eigenvalue weighted by molar-refractivity contribution is 5.85. The number of hydrogen-bond acceptors (Lipinski definition) is 4. The number of amides is 2. The van der Waals surface area contributed by atoms with E-state index in [9.17, 15) is 14.0 Å². The summed E-state index contributed by atoms with van der Waals surface area (Å²) in [5.74, 6) is -1.22. The second-order valence-electron chi connectivity index (χ2n) is 7.29. The Hall–Kier alpha value is -3.09. The molecule has 0 fully saturated rings. The SMILES string of the molecule is C[C@@H](Oc1ccccc1F)C(=O)NNC(=O)COc1ccc(C(C)(C)C)cc1. The Labute approximate surface area is 164 Å². The van der Waals surface area contributed by atoms with E-state index in [2.05, 4.69) is 31.6 Å². The quantitative estimate of drug-likeness (QED) is 0.746. The first-order chi connectivity index (χ1) is 13.2. The lowest BCUT2D eigenvalue weighted by molar-refractivity contribution is -0.133. The zero-order valence-corrected chi connectivity index (χ0v) is 16.4. The average Bonchev–Trinajstić information content (AvgIpc) is 2.65. The van der Waals surface area contributed by atoms with Crippen LogP contribution in [0.2, 0.25) is 0 Å². The van der Waals surface area contributed by atoms with Crippen molar-refractivity contribution in [2.24, 2.45) is 0 Å². The van der Waals surface area contributed by atoms with E-state index in [0.29, 0.717) is 5.75 Å². The molecule has 150 valence electrons. The largest absolute Gasteiger partial charge is 0.484 e. The van der Waals surface area contributed by atoms with Crippen LogP contribution in [0.25, 0.3) is 0 Å². The minimum Gasteiger partial charge on any atom is -0.484 e. The van der Waals surface area contributed by atoms with Crippen LogP contribution >= 0.6 is 0 Å². The van der Waals surface area contributed by atoms with Crippen molar-refractivity contribution < 1.29 is 23.5 Å². The molecule has 0 spiro atoms. The van der Waals surface area contributed by atoms with E-state index in [0.717, 1.165) is 5.56 Å². The predicted molar refractivity (Wildman–Crippen MR) is 103 cm³/mol. The van der Waals surface area contributed by atoms with E-state index >= 15 is 0 Å². The molecule has 0 bridgehead atoms. The van der Waals surface area contributed by atoms with Crippen LogP contribution < -0.4 is 20.3 Å². The third kappa shape index (κ3) is 6.26. The first-order valence-electron chi connectivity index (χ1n) is 8.90. The van der Waals surface area contributed by atoms with Gasteiger partial charge < -0.3 is 9.47 Å². The van der Waals surface area contributed by atoms with Gasteiger partial charge in [-0.3, -0.25) is 20.4 Å². The van der Waals surface area contributed by atoms with Gasteiger partial charge in [0.25, 0.3) is 11.8 Å². The molecular formula is C21H25FN2O4. The van der Waals surface area contributed by atoms with E-state index in [1.54, 1.807) is 18.2 Å². The standard InChI is InChI=1S/C21H25FN2O4/c1-14(28-18-8-6-5-7-17(18)22)20(26)24-23-19(25)13-27-16-11-9-15(10-12-16)21(2,3)4/h5-12,14H,13H2,1-4H3,(H,23,25)(H,24,26)/t14-/m1/s1. The Morgan fingerprint density at radius 3 is 2.29 bits per heavy atom. The molecular weight excluding hydrogens is 363 g/mol. The number of rotatable bonds is 6. The average molecular weight is 388 g/mol. The molecule has 2 aromatic carbocycles. The molecule has 0 aromatic heterocycles. The molecule has 6 nitrogen and oxygen atoms in total. The number of hydrogen-bond donors (Lipinski definition) is 2. The molecule has 28 heavy (non-hydrogen) atoms. The van der Waals surface area contributed by atoms with Gasteiger partial charge >= 0.3 is 0 Å². The van der Waals surface area contributed by atoms with Gasteiger partial charge in [-0.2, -0.15) is 0 Å². The molecule has 2 N–H and O–H groups in total. The van der Waals surface area contributed by atoms with Crippen LogP contribution in [-0.4, -0.2) is 24.5 Å². The Balaban J connectivity index is 1.75. The second kappa shape index (κ2) is 9.21. The van der Waals surface area contributed by atoms with Crippen molar-refractivity contribution in [1.29, 1.82) is 0 Å². The van der Waals surface area contributed by atoms with Gasteiger partial charge in [0.15, 0.2) is 24.3 Å². The van der Waals surface area contributed by atoms with Gasteiger partial charge in [0, 0.05) is 0 Å². The maximum Gasteiger partial charge on any atom is 0.279 e. The molecule has 7 heteroatoms. The minimum absolute atomic E-state index is 0.0294. The predicted octanol–water partition coefficient (Wildman–Crippen LogP) is 3.12. The van der Waals surface area contributed by atoms with Crippen LogP contribution in [0.5, 0.6) is 11.5 Å². The number of carbonyl (C=O) groups excluding carboxylic acids is 2. The molecule has 0 unspecified atom stereocenters. The fourth-order valence-electron chi connectivity index (χ4n) is 2.25. The number of para-hydroxylation sites is 1. The summed E-state index contributed by atoms with van der Waals surface area (Å²) in [7, 11) is 0. The van der Waals surface area contributed by atoms with Crippen LogP contribution in [0.15, 0.2) is 48.5 Å². The molecule has 2 amide bonds. The topological polar surface area (TPSA) is 76.7 Å². The zero-order valence-electron chi connectivity index (χ0n) is 16.4. The van der Waals surface area contributed by atoms with Gasteiger partial charge in [-0.05, 0) is 42.2 Å². The molecule has 1 atom stereocenters. The first-order valence-corrected chi connectivity index (χ1v) is 8.90. The molecule has 0 aliphatic carbocycles. The summed E-state index contributed by atoms with van der Waals surface area (Å²) in [6.45, 7) is 7.50. The number of ether oxygens (including phenoxy) is 2. The highest BCUT2D eigenvalue weighted by atomic mass is 19.1. The van der Waals surface area contributed by atoms with E-state index in [1.807, 2.05) is 12.1 Å². The highest BCUT2D eigenvalue weighted by Crippen LogP contribution is 2.24. The summed E-state index contributed by atoms with van der Waals surface area (Å²) in [5.41, 5.74) is 5.64. The summed E-state index contributed by atoms with van der Waals surface area (Å²) < 4.78 is 24.2. The van der Waals surface area contributed by atoms with Crippen molar-refractivity contribution in [3.05, 3.63) is 59.9 Å². The number of nitrogens with one attached hydrogen (secondary N) is 2. The molecule has 0 saturated heterocycles. The zero-order chi connectivity index (χ0) is 20.7.